The molecule has 33 heavy (non-hydrogen) atoms. The van der Waals surface area contributed by atoms with Crippen molar-refractivity contribution in [3.8, 4) is 5.75 Å². The average Bonchev–Trinajstić information content (AvgIpc) is 3.23. The molecule has 3 aromatic carbocycles. The molecule has 0 unspecified atom stereocenters. The molecule has 0 aliphatic heterocycles. The number of halogens is 1. The van der Waals surface area contributed by atoms with Gasteiger partial charge < -0.3 is 4.74 Å². The van der Waals surface area contributed by atoms with Crippen LogP contribution in [-0.4, -0.2) is 17.0 Å². The van der Waals surface area contributed by atoms with E-state index in [1.54, 1.807) is 12.1 Å². The molecule has 0 fully saturated rings. The topological polar surface area (TPSA) is 93.8 Å². The van der Waals surface area contributed by atoms with Gasteiger partial charge in [0.2, 0.25) is 0 Å². The molecule has 0 saturated heterocycles. The first-order valence-corrected chi connectivity index (χ1v) is 11.5. The maximum Gasteiger partial charge on any atom is 0.281 e. The van der Waals surface area contributed by atoms with Gasteiger partial charge in [-0.3, -0.25) is 14.9 Å². The van der Waals surface area contributed by atoms with Crippen LogP contribution in [0, 0.1) is 17.0 Å². The maximum absolute atomic E-state index is 12.4. The summed E-state index contributed by atoms with van der Waals surface area (Å²) in [5.74, 6) is 0.323. The molecule has 0 atom stereocenters. The van der Waals surface area contributed by atoms with Crippen LogP contribution >= 0.6 is 27.3 Å². The van der Waals surface area contributed by atoms with Crippen molar-refractivity contribution >= 4 is 55.2 Å². The smallest absolute Gasteiger partial charge is 0.281 e. The predicted molar refractivity (Wildman–Crippen MR) is 133 cm³/mol. The van der Waals surface area contributed by atoms with Crippen LogP contribution in [0.3, 0.4) is 0 Å². The van der Waals surface area contributed by atoms with Crippen molar-refractivity contribution in [2.75, 3.05) is 0 Å². The summed E-state index contributed by atoms with van der Waals surface area (Å²) in [4.78, 5) is 23.3. The van der Waals surface area contributed by atoms with Gasteiger partial charge in [-0.1, -0.05) is 29.8 Å². The highest BCUT2D eigenvalue weighted by Crippen LogP contribution is 2.29. The molecule has 1 heterocycles. The van der Waals surface area contributed by atoms with E-state index >= 15 is 0 Å². The Kier molecular flexibility index (Phi) is 6.81. The molecule has 0 radical (unpaired) electrons. The van der Waals surface area contributed by atoms with Gasteiger partial charge in [0.05, 0.1) is 20.5 Å². The number of hydrogen-bond donors (Lipinski definition) is 1. The van der Waals surface area contributed by atoms with Gasteiger partial charge in [-0.25, -0.2) is 5.43 Å². The minimum Gasteiger partial charge on any atom is -0.488 e. The molecule has 1 aromatic heterocycles. The van der Waals surface area contributed by atoms with Gasteiger partial charge >= 0.3 is 0 Å². The predicted octanol–water partition coefficient (Wildman–Crippen LogP) is 6.22. The maximum atomic E-state index is 12.4. The molecule has 166 valence electrons. The SMILES string of the molecule is Cc1ccc(COc2ccc(/C=N\NC(=O)c3cc4cc([N+](=O)[O-])ccc4s3)cc2Br)cc1. The highest BCUT2D eigenvalue weighted by molar-refractivity contribution is 9.10. The van der Waals surface area contributed by atoms with Crippen molar-refractivity contribution in [1.82, 2.24) is 5.43 Å². The summed E-state index contributed by atoms with van der Waals surface area (Å²) in [6, 6.07) is 19.8. The molecule has 0 aliphatic carbocycles. The Morgan fingerprint density at radius 2 is 1.94 bits per heavy atom. The number of ether oxygens (including phenoxy) is 1. The molecule has 9 heteroatoms. The number of rotatable bonds is 7. The molecule has 0 bridgehead atoms. The summed E-state index contributed by atoms with van der Waals surface area (Å²) >= 11 is 4.75. The number of benzene rings is 3. The van der Waals surface area contributed by atoms with Crippen LogP contribution in [0.15, 0.2) is 76.3 Å². The van der Waals surface area contributed by atoms with E-state index < -0.39 is 4.92 Å². The van der Waals surface area contributed by atoms with Crippen molar-refractivity contribution in [2.24, 2.45) is 5.10 Å². The lowest BCUT2D eigenvalue weighted by molar-refractivity contribution is -0.384. The number of carbonyl (C=O) groups excluding carboxylic acids is 1. The van der Waals surface area contributed by atoms with Crippen LogP contribution in [0.5, 0.6) is 5.75 Å². The third-order valence-electron chi connectivity index (χ3n) is 4.79. The molecule has 1 amide bonds. The Labute approximate surface area is 202 Å². The van der Waals surface area contributed by atoms with Gasteiger partial charge in [-0.05, 0) is 64.3 Å². The fraction of sp³-hybridized carbons (Fsp3) is 0.0833. The Morgan fingerprint density at radius 3 is 2.67 bits per heavy atom. The van der Waals surface area contributed by atoms with Crippen LogP contribution in [-0.2, 0) is 6.61 Å². The van der Waals surface area contributed by atoms with Crippen molar-refractivity contribution in [3.05, 3.63) is 103 Å². The molecule has 4 aromatic rings. The number of hydrazone groups is 1. The third-order valence-corrected chi connectivity index (χ3v) is 6.52. The molecular weight excluding hydrogens is 506 g/mol. The number of aryl methyl sites for hydroxylation is 1. The van der Waals surface area contributed by atoms with Crippen LogP contribution in [0.25, 0.3) is 10.1 Å². The summed E-state index contributed by atoms with van der Waals surface area (Å²) in [5, 5.41) is 15.6. The first-order chi connectivity index (χ1) is 15.9. The van der Waals surface area contributed by atoms with Gasteiger partial charge in [0, 0.05) is 22.2 Å². The van der Waals surface area contributed by atoms with Gasteiger partial charge in [-0.2, -0.15) is 5.10 Å². The number of hydrogen-bond acceptors (Lipinski definition) is 6. The van der Waals surface area contributed by atoms with E-state index in [1.165, 1.54) is 35.2 Å². The van der Waals surface area contributed by atoms with Crippen LogP contribution < -0.4 is 10.2 Å². The Bertz CT molecular complexity index is 1370. The molecule has 4 rings (SSSR count). The Morgan fingerprint density at radius 1 is 1.15 bits per heavy atom. The lowest BCUT2D eigenvalue weighted by Gasteiger charge is -2.09. The highest BCUT2D eigenvalue weighted by atomic mass is 79.9. The fourth-order valence-electron chi connectivity index (χ4n) is 3.04. The zero-order chi connectivity index (χ0) is 23.4. The van der Waals surface area contributed by atoms with Gasteiger partial charge in [0.1, 0.15) is 12.4 Å². The zero-order valence-electron chi connectivity index (χ0n) is 17.4. The Balaban J connectivity index is 1.37. The van der Waals surface area contributed by atoms with E-state index in [2.05, 4.69) is 26.5 Å². The lowest BCUT2D eigenvalue weighted by atomic mass is 10.2. The number of nitrogens with one attached hydrogen (secondary N) is 1. The second kappa shape index (κ2) is 9.93. The average molecular weight is 524 g/mol. The number of thiophene rings is 1. The molecule has 1 N–H and O–H groups in total. The van der Waals surface area contributed by atoms with Crippen LogP contribution in [0.1, 0.15) is 26.4 Å². The Hall–Kier alpha value is -3.56. The van der Waals surface area contributed by atoms with Gasteiger partial charge in [-0.15, -0.1) is 11.3 Å². The standard InChI is InChI=1S/C24H18BrN3O4S/c1-15-2-4-16(5-3-15)14-32-21-8-6-17(10-20(21)25)13-26-27-24(29)23-12-18-11-19(28(30)31)7-9-22(18)33-23/h2-13H,14H2,1H3,(H,27,29)/b26-13-. The summed E-state index contributed by atoms with van der Waals surface area (Å²) in [6.07, 6.45) is 1.53. The molecule has 7 nitrogen and oxygen atoms in total. The van der Waals surface area contributed by atoms with E-state index in [-0.39, 0.29) is 11.6 Å². The number of carbonyl (C=O) groups is 1. The number of nitro benzene ring substituents is 1. The molecular formula is C24H18BrN3O4S. The van der Waals surface area contributed by atoms with E-state index in [1.807, 2.05) is 49.4 Å². The monoisotopic (exact) mass is 523 g/mol. The van der Waals surface area contributed by atoms with E-state index in [0.717, 1.165) is 20.3 Å². The van der Waals surface area contributed by atoms with Crippen LogP contribution in [0.4, 0.5) is 5.69 Å². The number of nitrogens with zero attached hydrogens (tertiary/aromatic N) is 2. The van der Waals surface area contributed by atoms with E-state index in [9.17, 15) is 14.9 Å². The minimum absolute atomic E-state index is 0.0119. The lowest BCUT2D eigenvalue weighted by Crippen LogP contribution is -2.16. The zero-order valence-corrected chi connectivity index (χ0v) is 19.9. The second-order valence-corrected chi connectivity index (χ2v) is 9.19. The molecule has 0 spiro atoms. The van der Waals surface area contributed by atoms with Crippen LogP contribution in [0.2, 0.25) is 0 Å². The first-order valence-electron chi connectivity index (χ1n) is 9.88. The summed E-state index contributed by atoms with van der Waals surface area (Å²) in [7, 11) is 0. The highest BCUT2D eigenvalue weighted by Gasteiger charge is 2.13. The largest absolute Gasteiger partial charge is 0.488 e. The summed E-state index contributed by atoms with van der Waals surface area (Å²) in [6.45, 7) is 2.50. The molecule has 0 saturated carbocycles. The van der Waals surface area contributed by atoms with Crippen molar-refractivity contribution in [2.45, 2.75) is 13.5 Å². The van der Waals surface area contributed by atoms with Crippen molar-refractivity contribution < 1.29 is 14.5 Å². The number of fused-ring (bicyclic) bond motifs is 1. The van der Waals surface area contributed by atoms with E-state index in [4.69, 9.17) is 4.74 Å². The van der Waals surface area contributed by atoms with Crippen molar-refractivity contribution in [1.29, 1.82) is 0 Å². The summed E-state index contributed by atoms with van der Waals surface area (Å²) in [5.41, 5.74) is 5.54. The number of non-ortho nitro benzene ring substituents is 1. The number of amides is 1. The number of nitro groups is 1. The minimum atomic E-state index is -0.460. The second-order valence-electron chi connectivity index (χ2n) is 7.25. The fourth-order valence-corrected chi connectivity index (χ4v) is 4.48. The molecule has 0 aliphatic rings. The van der Waals surface area contributed by atoms with Gasteiger partial charge in [0.25, 0.3) is 11.6 Å². The van der Waals surface area contributed by atoms with Gasteiger partial charge in [0.15, 0.2) is 0 Å². The summed E-state index contributed by atoms with van der Waals surface area (Å²) < 4.78 is 7.43. The third kappa shape index (κ3) is 5.63. The normalized spacial score (nSPS) is 11.1. The van der Waals surface area contributed by atoms with Crippen molar-refractivity contribution in [3.63, 3.8) is 0 Å². The quantitative estimate of drug-likeness (QED) is 0.176. The van der Waals surface area contributed by atoms with E-state index in [0.29, 0.717) is 22.6 Å². The first kappa shape index (κ1) is 22.6.